The Morgan fingerprint density at radius 3 is 2.54 bits per heavy atom. The van der Waals surface area contributed by atoms with Crippen molar-refractivity contribution in [2.45, 2.75) is 26.7 Å². The summed E-state index contributed by atoms with van der Waals surface area (Å²) in [5.41, 5.74) is 5.81. The second-order valence-corrected chi connectivity index (χ2v) is 6.44. The summed E-state index contributed by atoms with van der Waals surface area (Å²) in [7, 11) is 0. The number of allylic oxidation sites excluding steroid dienone is 1. The van der Waals surface area contributed by atoms with E-state index in [-0.39, 0.29) is 0 Å². The Bertz CT molecular complexity index is 720. The number of benzene rings is 1. The molecule has 3 rings (SSSR count). The smallest absolute Gasteiger partial charge is 0.0712 e. The van der Waals surface area contributed by atoms with Gasteiger partial charge in [-0.15, -0.1) is 0 Å². The summed E-state index contributed by atoms with van der Waals surface area (Å²) in [6.45, 7) is 7.58. The van der Waals surface area contributed by atoms with Crippen LogP contribution in [0.25, 0.3) is 11.6 Å². The second-order valence-electron chi connectivity index (χ2n) is 6.44. The fraction of sp³-hybridized carbons (Fsp3) is 0.318. The van der Waals surface area contributed by atoms with E-state index in [9.17, 15) is 0 Å². The summed E-state index contributed by atoms with van der Waals surface area (Å²) < 4.78 is 0. The lowest BCUT2D eigenvalue weighted by molar-refractivity contribution is 0.377. The van der Waals surface area contributed by atoms with E-state index in [1.807, 2.05) is 13.0 Å². The number of hydrogen-bond acceptors (Lipinski definition) is 2. The minimum absolute atomic E-state index is 0.999. The first-order chi connectivity index (χ1) is 11.8. The fourth-order valence-electron chi connectivity index (χ4n) is 3.15. The van der Waals surface area contributed by atoms with Gasteiger partial charge in [-0.1, -0.05) is 48.0 Å². The summed E-state index contributed by atoms with van der Waals surface area (Å²) in [5.74, 6) is 0. The Kier molecular flexibility index (Phi) is 5.60. The molecule has 0 saturated carbocycles. The van der Waals surface area contributed by atoms with Crippen molar-refractivity contribution in [1.82, 2.24) is 9.88 Å². The first-order valence-electron chi connectivity index (χ1n) is 8.86. The zero-order valence-electron chi connectivity index (χ0n) is 14.7. The van der Waals surface area contributed by atoms with Crippen LogP contribution in [0.1, 0.15) is 42.3 Å². The number of aryl methyl sites for hydroxylation is 1. The fourth-order valence-corrected chi connectivity index (χ4v) is 3.15. The third-order valence-corrected chi connectivity index (χ3v) is 4.50. The van der Waals surface area contributed by atoms with Gasteiger partial charge in [0.15, 0.2) is 0 Å². The molecule has 24 heavy (non-hydrogen) atoms. The Labute approximate surface area is 145 Å². The average Bonchev–Trinajstić information content (AvgIpc) is 3.11. The molecule has 0 N–H and O–H groups in total. The van der Waals surface area contributed by atoms with Crippen LogP contribution < -0.4 is 0 Å². The number of likely N-dealkylation sites (tertiary alicyclic amines) is 1. The molecule has 1 saturated heterocycles. The Hall–Kier alpha value is -2.19. The molecule has 0 spiro atoms. The number of pyridine rings is 1. The number of rotatable bonds is 5. The molecule has 1 aromatic heterocycles. The highest BCUT2D eigenvalue weighted by molar-refractivity contribution is 5.78. The third-order valence-electron chi connectivity index (χ3n) is 4.50. The predicted molar refractivity (Wildman–Crippen MR) is 103 cm³/mol. The number of nitrogens with zero attached hydrogens (tertiary/aromatic N) is 2. The summed E-state index contributed by atoms with van der Waals surface area (Å²) in [6, 6.07) is 15.0. The van der Waals surface area contributed by atoms with Crippen molar-refractivity contribution in [3.63, 3.8) is 0 Å². The normalized spacial score (nSPS) is 16.2. The second kappa shape index (κ2) is 8.07. The molecule has 2 aromatic rings. The van der Waals surface area contributed by atoms with E-state index in [1.54, 1.807) is 0 Å². The molecule has 1 aliphatic heterocycles. The Balaban J connectivity index is 1.95. The van der Waals surface area contributed by atoms with Gasteiger partial charge in [0.05, 0.1) is 11.4 Å². The van der Waals surface area contributed by atoms with Crippen molar-refractivity contribution in [2.24, 2.45) is 0 Å². The third kappa shape index (κ3) is 4.21. The molecule has 1 aromatic carbocycles. The van der Waals surface area contributed by atoms with Gasteiger partial charge in [0.1, 0.15) is 0 Å². The summed E-state index contributed by atoms with van der Waals surface area (Å²) in [4.78, 5) is 7.35. The first-order valence-corrected chi connectivity index (χ1v) is 8.86. The molecular weight excluding hydrogens is 292 g/mol. The summed E-state index contributed by atoms with van der Waals surface area (Å²) >= 11 is 0. The lowest BCUT2D eigenvalue weighted by Crippen LogP contribution is -2.19. The zero-order chi connectivity index (χ0) is 16.8. The molecule has 0 amide bonds. The number of hydrogen-bond donors (Lipinski definition) is 0. The van der Waals surface area contributed by atoms with Gasteiger partial charge in [0, 0.05) is 12.1 Å². The van der Waals surface area contributed by atoms with Crippen molar-refractivity contribution < 1.29 is 0 Å². The topological polar surface area (TPSA) is 16.1 Å². The van der Waals surface area contributed by atoms with Crippen LogP contribution in [0.3, 0.4) is 0 Å². The lowest BCUT2D eigenvalue weighted by atomic mass is 10.00. The highest BCUT2D eigenvalue weighted by Gasteiger charge is 2.12. The van der Waals surface area contributed by atoms with Gasteiger partial charge < -0.3 is 0 Å². The van der Waals surface area contributed by atoms with Crippen LogP contribution in [0.4, 0.5) is 0 Å². The molecule has 2 heteroatoms. The predicted octanol–water partition coefficient (Wildman–Crippen LogP) is 4.95. The van der Waals surface area contributed by atoms with Gasteiger partial charge in [0.2, 0.25) is 0 Å². The largest absolute Gasteiger partial charge is 0.300 e. The minimum atomic E-state index is 0.999. The first kappa shape index (κ1) is 16.7. The molecule has 0 aliphatic carbocycles. The summed E-state index contributed by atoms with van der Waals surface area (Å²) in [5, 5.41) is 0. The van der Waals surface area contributed by atoms with Gasteiger partial charge >= 0.3 is 0 Å². The van der Waals surface area contributed by atoms with Crippen LogP contribution in [0.5, 0.6) is 0 Å². The van der Waals surface area contributed by atoms with E-state index in [0.29, 0.717) is 0 Å². The molecule has 0 radical (unpaired) electrons. The number of aromatic nitrogens is 1. The molecule has 124 valence electrons. The Morgan fingerprint density at radius 2 is 1.83 bits per heavy atom. The van der Waals surface area contributed by atoms with Crippen LogP contribution in [0.15, 0.2) is 54.6 Å². The van der Waals surface area contributed by atoms with E-state index in [4.69, 9.17) is 4.98 Å². The summed E-state index contributed by atoms with van der Waals surface area (Å²) in [6.07, 6.45) is 9.07. The van der Waals surface area contributed by atoms with E-state index in [0.717, 1.165) is 17.9 Å². The van der Waals surface area contributed by atoms with E-state index in [1.165, 1.54) is 42.6 Å². The van der Waals surface area contributed by atoms with Crippen molar-refractivity contribution in [3.05, 3.63) is 77.1 Å². The quantitative estimate of drug-likeness (QED) is 0.775. The maximum Gasteiger partial charge on any atom is 0.0712 e. The molecule has 2 nitrogen and oxygen atoms in total. The van der Waals surface area contributed by atoms with E-state index in [2.05, 4.69) is 66.4 Å². The van der Waals surface area contributed by atoms with Gasteiger partial charge in [-0.2, -0.15) is 0 Å². The maximum atomic E-state index is 4.83. The van der Waals surface area contributed by atoms with Gasteiger partial charge in [-0.25, -0.2) is 4.98 Å². The van der Waals surface area contributed by atoms with Crippen LogP contribution >= 0.6 is 0 Å². The SMILES string of the molecule is C/C=C/c1cccc(/C(=C\CN2CCCC2)c2ccc(C)cc2)n1. The molecule has 1 aliphatic rings. The average molecular weight is 318 g/mol. The van der Waals surface area contributed by atoms with Crippen LogP contribution in [0, 0.1) is 6.92 Å². The maximum absolute atomic E-state index is 4.83. The highest BCUT2D eigenvalue weighted by atomic mass is 15.1. The molecule has 0 atom stereocenters. The molecule has 0 unspecified atom stereocenters. The van der Waals surface area contributed by atoms with Crippen molar-refractivity contribution >= 4 is 11.6 Å². The monoisotopic (exact) mass is 318 g/mol. The molecular formula is C22H26N2. The zero-order valence-corrected chi connectivity index (χ0v) is 14.7. The van der Waals surface area contributed by atoms with Crippen LogP contribution in [0.2, 0.25) is 0 Å². The highest BCUT2D eigenvalue weighted by Crippen LogP contribution is 2.23. The molecule has 1 fully saturated rings. The van der Waals surface area contributed by atoms with Crippen LogP contribution in [-0.4, -0.2) is 29.5 Å². The minimum Gasteiger partial charge on any atom is -0.300 e. The van der Waals surface area contributed by atoms with Crippen molar-refractivity contribution in [3.8, 4) is 0 Å². The van der Waals surface area contributed by atoms with Crippen molar-refractivity contribution in [1.29, 1.82) is 0 Å². The van der Waals surface area contributed by atoms with Crippen LogP contribution in [-0.2, 0) is 0 Å². The Morgan fingerprint density at radius 1 is 1.08 bits per heavy atom. The van der Waals surface area contributed by atoms with Gasteiger partial charge in [-0.3, -0.25) is 4.90 Å². The molecule has 0 bridgehead atoms. The standard InChI is InChI=1S/C22H26N2/c1-3-7-20-8-6-9-22(23-20)21(14-17-24-15-4-5-16-24)19-12-10-18(2)11-13-19/h3,6-14H,4-5,15-17H2,1-2H3/b7-3+,21-14-. The lowest BCUT2D eigenvalue weighted by Gasteiger charge is -2.14. The van der Waals surface area contributed by atoms with Gasteiger partial charge in [0.25, 0.3) is 0 Å². The van der Waals surface area contributed by atoms with E-state index >= 15 is 0 Å². The van der Waals surface area contributed by atoms with Crippen molar-refractivity contribution in [2.75, 3.05) is 19.6 Å². The van der Waals surface area contributed by atoms with E-state index < -0.39 is 0 Å². The van der Waals surface area contributed by atoms with Gasteiger partial charge in [-0.05, 0) is 63.6 Å². The molecule has 2 heterocycles.